The number of ether oxygens (including phenoxy) is 3. The highest BCUT2D eigenvalue weighted by molar-refractivity contribution is 5.71. The van der Waals surface area contributed by atoms with E-state index in [0.29, 0.717) is 19.3 Å². The van der Waals surface area contributed by atoms with E-state index in [0.717, 1.165) is 57.8 Å². The lowest BCUT2D eigenvalue weighted by atomic mass is 10.0. The van der Waals surface area contributed by atoms with Gasteiger partial charge >= 0.3 is 17.9 Å². The highest BCUT2D eigenvalue weighted by Gasteiger charge is 2.19. The molecule has 6 nitrogen and oxygen atoms in total. The Bertz CT molecular complexity index is 1010. The van der Waals surface area contributed by atoms with E-state index in [9.17, 15) is 14.4 Å². The van der Waals surface area contributed by atoms with Gasteiger partial charge in [0.05, 0.1) is 0 Å². The van der Waals surface area contributed by atoms with Gasteiger partial charge < -0.3 is 14.2 Å². The van der Waals surface area contributed by atoms with Crippen molar-refractivity contribution in [2.75, 3.05) is 13.2 Å². The summed E-state index contributed by atoms with van der Waals surface area (Å²) < 4.78 is 16.8. The van der Waals surface area contributed by atoms with Crippen molar-refractivity contribution in [3.8, 4) is 0 Å². The predicted molar refractivity (Wildman–Crippen MR) is 294 cm³/mol. The van der Waals surface area contributed by atoms with Gasteiger partial charge in [-0.05, 0) is 19.3 Å². The van der Waals surface area contributed by atoms with Gasteiger partial charge in [-0.2, -0.15) is 0 Å². The maximum Gasteiger partial charge on any atom is 0.306 e. The van der Waals surface area contributed by atoms with Gasteiger partial charge in [-0.1, -0.05) is 323 Å². The van der Waals surface area contributed by atoms with E-state index < -0.39 is 6.10 Å². The van der Waals surface area contributed by atoms with E-state index in [1.807, 2.05) is 0 Å². The SMILES string of the molecule is CCCCCCCCCCCCCCCCCCCCCCCCCCCCCCCCCC(=O)OCC(COC(=O)CCCCCCCCC)OC(=O)CCCCCCCCCCCCCC. The molecule has 0 saturated carbocycles. The first-order valence-electron chi connectivity index (χ1n) is 31.0. The second kappa shape index (κ2) is 58.0. The Labute approximate surface area is 425 Å². The van der Waals surface area contributed by atoms with Gasteiger partial charge in [-0.25, -0.2) is 0 Å². The van der Waals surface area contributed by atoms with Crippen molar-refractivity contribution in [3.63, 3.8) is 0 Å². The lowest BCUT2D eigenvalue weighted by Gasteiger charge is -2.18. The third-order valence-electron chi connectivity index (χ3n) is 14.4. The molecule has 1 atom stereocenters. The number of esters is 3. The molecule has 0 N–H and O–H groups in total. The Morgan fingerprint density at radius 1 is 0.235 bits per heavy atom. The molecule has 0 fully saturated rings. The average molecular weight is 962 g/mol. The molecule has 0 aliphatic carbocycles. The minimum atomic E-state index is -0.759. The molecule has 0 spiro atoms. The van der Waals surface area contributed by atoms with E-state index in [4.69, 9.17) is 14.2 Å². The summed E-state index contributed by atoms with van der Waals surface area (Å²) in [5.74, 6) is -0.845. The van der Waals surface area contributed by atoms with Crippen LogP contribution >= 0.6 is 0 Å². The quantitative estimate of drug-likeness (QED) is 0.0343. The van der Waals surface area contributed by atoms with Gasteiger partial charge in [0, 0.05) is 19.3 Å². The monoisotopic (exact) mass is 961 g/mol. The Hall–Kier alpha value is -1.59. The second-order valence-corrected chi connectivity index (χ2v) is 21.3. The molecule has 0 rings (SSSR count). The van der Waals surface area contributed by atoms with Gasteiger partial charge in [0.1, 0.15) is 13.2 Å². The van der Waals surface area contributed by atoms with Crippen LogP contribution in [0.25, 0.3) is 0 Å². The van der Waals surface area contributed by atoms with Gasteiger partial charge in [-0.3, -0.25) is 14.4 Å². The van der Waals surface area contributed by atoms with Crippen molar-refractivity contribution >= 4 is 17.9 Å². The van der Waals surface area contributed by atoms with E-state index in [-0.39, 0.29) is 31.1 Å². The number of hydrogen-bond acceptors (Lipinski definition) is 6. The third kappa shape index (κ3) is 55.3. The van der Waals surface area contributed by atoms with Gasteiger partial charge in [0.2, 0.25) is 0 Å². The van der Waals surface area contributed by atoms with Crippen LogP contribution in [0.2, 0.25) is 0 Å². The fourth-order valence-electron chi connectivity index (χ4n) is 9.68. The summed E-state index contributed by atoms with van der Waals surface area (Å²) in [5, 5.41) is 0. The van der Waals surface area contributed by atoms with Crippen molar-refractivity contribution in [3.05, 3.63) is 0 Å². The average Bonchev–Trinajstić information content (AvgIpc) is 3.34. The molecular weight excluding hydrogens is 841 g/mol. The fourth-order valence-corrected chi connectivity index (χ4v) is 9.68. The molecule has 0 aliphatic rings. The molecule has 0 saturated heterocycles. The van der Waals surface area contributed by atoms with E-state index >= 15 is 0 Å². The molecule has 0 bridgehead atoms. The summed E-state index contributed by atoms with van der Waals surface area (Å²) in [5.41, 5.74) is 0. The normalized spacial score (nSPS) is 11.9. The van der Waals surface area contributed by atoms with Gasteiger partial charge in [0.25, 0.3) is 0 Å². The molecule has 0 aromatic heterocycles. The first-order chi connectivity index (χ1) is 33.5. The van der Waals surface area contributed by atoms with Gasteiger partial charge in [0.15, 0.2) is 6.10 Å². The summed E-state index contributed by atoms with van der Waals surface area (Å²) in [6.45, 7) is 6.65. The number of hydrogen-bond donors (Lipinski definition) is 0. The highest BCUT2D eigenvalue weighted by Crippen LogP contribution is 2.18. The molecule has 1 unspecified atom stereocenters. The van der Waals surface area contributed by atoms with Crippen molar-refractivity contribution in [1.29, 1.82) is 0 Å². The first kappa shape index (κ1) is 66.4. The molecule has 0 aromatic rings. The lowest BCUT2D eigenvalue weighted by Crippen LogP contribution is -2.30. The number of rotatable bonds is 58. The second-order valence-electron chi connectivity index (χ2n) is 21.3. The fraction of sp³-hybridized carbons (Fsp3) is 0.952. The molecule has 0 radical (unpaired) electrons. The van der Waals surface area contributed by atoms with E-state index in [1.54, 1.807) is 0 Å². The lowest BCUT2D eigenvalue weighted by molar-refractivity contribution is -0.167. The molecular formula is C62H120O6. The van der Waals surface area contributed by atoms with Crippen LogP contribution < -0.4 is 0 Å². The minimum absolute atomic E-state index is 0.0622. The van der Waals surface area contributed by atoms with Crippen LogP contribution in [0.15, 0.2) is 0 Å². The zero-order valence-electron chi connectivity index (χ0n) is 46.4. The van der Waals surface area contributed by atoms with Crippen LogP contribution in [-0.2, 0) is 28.6 Å². The topological polar surface area (TPSA) is 78.9 Å². The zero-order valence-corrected chi connectivity index (χ0v) is 46.4. The summed E-state index contributed by atoms with van der Waals surface area (Å²) in [6, 6.07) is 0. The molecule has 6 heteroatoms. The molecule has 0 amide bonds. The Balaban J connectivity index is 3.89. The van der Waals surface area contributed by atoms with Crippen LogP contribution in [-0.4, -0.2) is 37.2 Å². The van der Waals surface area contributed by atoms with Gasteiger partial charge in [-0.15, -0.1) is 0 Å². The molecule has 68 heavy (non-hydrogen) atoms. The predicted octanol–water partition coefficient (Wildman–Crippen LogP) is 20.7. The van der Waals surface area contributed by atoms with Crippen LogP contribution in [0.5, 0.6) is 0 Å². The largest absolute Gasteiger partial charge is 0.462 e. The zero-order chi connectivity index (χ0) is 49.3. The van der Waals surface area contributed by atoms with Crippen molar-refractivity contribution in [2.45, 2.75) is 367 Å². The first-order valence-corrected chi connectivity index (χ1v) is 31.0. The van der Waals surface area contributed by atoms with Crippen LogP contribution in [0, 0.1) is 0 Å². The molecule has 0 aliphatic heterocycles. The Morgan fingerprint density at radius 3 is 0.588 bits per heavy atom. The summed E-state index contributed by atoms with van der Waals surface area (Å²) in [6.07, 6.45) is 65.9. The number of carbonyl (C=O) groups is 3. The summed E-state index contributed by atoms with van der Waals surface area (Å²) in [7, 11) is 0. The maximum absolute atomic E-state index is 12.8. The van der Waals surface area contributed by atoms with E-state index in [2.05, 4.69) is 20.8 Å². The number of unbranched alkanes of at least 4 members (excludes halogenated alkanes) is 47. The van der Waals surface area contributed by atoms with Crippen molar-refractivity contribution < 1.29 is 28.6 Å². The van der Waals surface area contributed by atoms with Crippen LogP contribution in [0.4, 0.5) is 0 Å². The summed E-state index contributed by atoms with van der Waals surface area (Å²) >= 11 is 0. The van der Waals surface area contributed by atoms with Crippen molar-refractivity contribution in [1.82, 2.24) is 0 Å². The maximum atomic E-state index is 12.8. The molecule has 0 heterocycles. The minimum Gasteiger partial charge on any atom is -0.462 e. The molecule has 404 valence electrons. The summed E-state index contributed by atoms with van der Waals surface area (Å²) in [4.78, 5) is 37.9. The Morgan fingerprint density at radius 2 is 0.397 bits per heavy atom. The van der Waals surface area contributed by atoms with Crippen LogP contribution in [0.3, 0.4) is 0 Å². The molecule has 0 aromatic carbocycles. The number of carbonyl (C=O) groups excluding carboxylic acids is 3. The van der Waals surface area contributed by atoms with E-state index in [1.165, 1.54) is 263 Å². The third-order valence-corrected chi connectivity index (χ3v) is 14.4. The standard InChI is InChI=1S/C62H120O6/c1-4-7-10-13-16-18-20-22-23-24-25-26-27-28-29-30-31-32-33-34-35-36-37-38-39-40-42-43-46-49-52-55-61(64)67-58-59(57-66-60(63)54-51-48-45-15-12-9-6-3)68-62(65)56-53-50-47-44-41-21-19-17-14-11-8-5-2/h59H,4-58H2,1-3H3. The Kier molecular flexibility index (Phi) is 56.6. The van der Waals surface area contributed by atoms with Crippen LogP contribution in [0.1, 0.15) is 361 Å². The van der Waals surface area contributed by atoms with Crippen molar-refractivity contribution in [2.24, 2.45) is 0 Å². The smallest absolute Gasteiger partial charge is 0.306 e. The highest BCUT2D eigenvalue weighted by atomic mass is 16.6.